The zero-order chi connectivity index (χ0) is 12.3. The van der Waals surface area contributed by atoms with Crippen LogP contribution in [0.3, 0.4) is 0 Å². The molecule has 0 saturated carbocycles. The summed E-state index contributed by atoms with van der Waals surface area (Å²) in [5, 5.41) is 0. The molecule has 17 heavy (non-hydrogen) atoms. The summed E-state index contributed by atoms with van der Waals surface area (Å²) in [5.74, 6) is 0.988. The van der Waals surface area contributed by atoms with Gasteiger partial charge in [-0.05, 0) is 47.1 Å². The van der Waals surface area contributed by atoms with E-state index in [0.29, 0.717) is 18.2 Å². The van der Waals surface area contributed by atoms with E-state index in [4.69, 9.17) is 10.5 Å². The molecule has 0 saturated heterocycles. The Morgan fingerprint density at radius 2 is 2.12 bits per heavy atom. The van der Waals surface area contributed by atoms with Crippen molar-refractivity contribution in [2.75, 3.05) is 5.73 Å². The molecule has 2 aromatic heterocycles. The summed E-state index contributed by atoms with van der Waals surface area (Å²) < 4.78 is 6.49. The van der Waals surface area contributed by atoms with Crippen LogP contribution in [0, 0.1) is 6.92 Å². The number of ether oxygens (including phenoxy) is 1. The Kier molecular flexibility index (Phi) is 3.58. The van der Waals surface area contributed by atoms with Crippen LogP contribution >= 0.6 is 15.9 Å². The second-order valence-electron chi connectivity index (χ2n) is 3.59. The number of rotatable bonds is 3. The molecular weight excluding hydrogens is 282 g/mol. The fourth-order valence-electron chi connectivity index (χ4n) is 1.33. The van der Waals surface area contributed by atoms with Crippen molar-refractivity contribution in [1.29, 1.82) is 0 Å². The number of hydrogen-bond acceptors (Lipinski definition) is 4. The Labute approximate surface area is 108 Å². The van der Waals surface area contributed by atoms with Crippen LogP contribution in [0.5, 0.6) is 5.75 Å². The number of aryl methyl sites for hydroxylation is 1. The predicted molar refractivity (Wildman–Crippen MR) is 69.7 cm³/mol. The highest BCUT2D eigenvalue weighted by atomic mass is 79.9. The lowest BCUT2D eigenvalue weighted by atomic mass is 10.3. The molecule has 0 aliphatic rings. The highest BCUT2D eigenvalue weighted by molar-refractivity contribution is 9.10. The van der Waals surface area contributed by atoms with E-state index in [9.17, 15) is 0 Å². The molecule has 0 spiro atoms. The van der Waals surface area contributed by atoms with Gasteiger partial charge in [-0.1, -0.05) is 0 Å². The number of hydrogen-bond donors (Lipinski definition) is 1. The van der Waals surface area contributed by atoms with E-state index in [0.717, 1.165) is 15.9 Å². The molecule has 0 atom stereocenters. The van der Waals surface area contributed by atoms with E-state index >= 15 is 0 Å². The molecule has 2 aromatic rings. The summed E-state index contributed by atoms with van der Waals surface area (Å²) in [7, 11) is 0. The van der Waals surface area contributed by atoms with Gasteiger partial charge in [0.25, 0.3) is 0 Å². The molecular formula is C12H12BrN3O. The van der Waals surface area contributed by atoms with Gasteiger partial charge < -0.3 is 10.5 Å². The van der Waals surface area contributed by atoms with Gasteiger partial charge in [0.2, 0.25) is 0 Å². The van der Waals surface area contributed by atoms with Crippen molar-refractivity contribution in [3.8, 4) is 5.75 Å². The van der Waals surface area contributed by atoms with Gasteiger partial charge in [-0.2, -0.15) is 0 Å². The van der Waals surface area contributed by atoms with Crippen LogP contribution in [0.2, 0.25) is 0 Å². The minimum absolute atomic E-state index is 0.377. The molecule has 4 nitrogen and oxygen atoms in total. The molecule has 5 heteroatoms. The molecule has 0 radical (unpaired) electrons. The first-order valence-corrected chi connectivity index (χ1v) is 5.91. The second kappa shape index (κ2) is 5.14. The van der Waals surface area contributed by atoms with E-state index in [-0.39, 0.29) is 0 Å². The summed E-state index contributed by atoms with van der Waals surface area (Å²) in [4.78, 5) is 8.33. The summed E-state index contributed by atoms with van der Waals surface area (Å²) in [6, 6.07) is 7.49. The van der Waals surface area contributed by atoms with Crippen LogP contribution < -0.4 is 10.5 Å². The molecule has 0 aliphatic carbocycles. The van der Waals surface area contributed by atoms with Crippen LogP contribution in [-0.2, 0) is 6.61 Å². The van der Waals surface area contributed by atoms with Crippen molar-refractivity contribution in [2.45, 2.75) is 13.5 Å². The number of pyridine rings is 2. The molecule has 0 bridgehead atoms. The zero-order valence-corrected chi connectivity index (χ0v) is 10.9. The molecule has 0 aliphatic heterocycles. The zero-order valence-electron chi connectivity index (χ0n) is 9.35. The lowest BCUT2D eigenvalue weighted by molar-refractivity contribution is 0.302. The Hall–Kier alpha value is -1.62. The van der Waals surface area contributed by atoms with E-state index in [1.54, 1.807) is 6.20 Å². The average Bonchev–Trinajstić information content (AvgIpc) is 2.30. The van der Waals surface area contributed by atoms with Gasteiger partial charge in [0.05, 0.1) is 5.69 Å². The molecule has 0 amide bonds. The van der Waals surface area contributed by atoms with Crippen molar-refractivity contribution in [1.82, 2.24) is 9.97 Å². The fraction of sp³-hybridized carbons (Fsp3) is 0.167. The van der Waals surface area contributed by atoms with Gasteiger partial charge in [-0.15, -0.1) is 0 Å². The average molecular weight is 294 g/mol. The Bertz CT molecular complexity index is 514. The lowest BCUT2D eigenvalue weighted by Gasteiger charge is -2.08. The monoisotopic (exact) mass is 293 g/mol. The summed E-state index contributed by atoms with van der Waals surface area (Å²) in [5.41, 5.74) is 7.46. The van der Waals surface area contributed by atoms with Gasteiger partial charge in [0.15, 0.2) is 11.6 Å². The van der Waals surface area contributed by atoms with Crippen LogP contribution in [-0.4, -0.2) is 9.97 Å². The first-order chi connectivity index (χ1) is 8.15. The Balaban J connectivity index is 2.04. The van der Waals surface area contributed by atoms with Crippen LogP contribution in [0.1, 0.15) is 11.4 Å². The van der Waals surface area contributed by atoms with E-state index in [1.165, 1.54) is 0 Å². The smallest absolute Gasteiger partial charge is 0.166 e. The van der Waals surface area contributed by atoms with Crippen LogP contribution in [0.25, 0.3) is 0 Å². The number of halogens is 1. The van der Waals surface area contributed by atoms with Gasteiger partial charge in [-0.25, -0.2) is 4.98 Å². The van der Waals surface area contributed by atoms with Crippen LogP contribution in [0.4, 0.5) is 5.82 Å². The maximum absolute atomic E-state index is 5.75. The summed E-state index contributed by atoms with van der Waals surface area (Å²) in [6.07, 6.45) is 1.73. The number of aromatic nitrogens is 2. The largest absolute Gasteiger partial charge is 0.483 e. The highest BCUT2D eigenvalue weighted by Crippen LogP contribution is 2.20. The molecule has 88 valence electrons. The van der Waals surface area contributed by atoms with Gasteiger partial charge in [0.1, 0.15) is 6.61 Å². The topological polar surface area (TPSA) is 61.0 Å². The summed E-state index contributed by atoms with van der Waals surface area (Å²) in [6.45, 7) is 2.26. The molecule has 2 rings (SSSR count). The number of nitrogens with two attached hydrogens (primary N) is 1. The third-order valence-corrected chi connectivity index (χ3v) is 2.66. The molecule has 0 fully saturated rings. The Morgan fingerprint density at radius 1 is 1.29 bits per heavy atom. The van der Waals surface area contributed by atoms with Gasteiger partial charge >= 0.3 is 0 Å². The van der Waals surface area contributed by atoms with Crippen molar-refractivity contribution < 1.29 is 4.74 Å². The van der Waals surface area contributed by atoms with E-state index in [1.807, 2.05) is 31.2 Å². The van der Waals surface area contributed by atoms with Crippen molar-refractivity contribution >= 4 is 21.7 Å². The molecule has 0 unspecified atom stereocenters. The molecule has 0 aromatic carbocycles. The minimum atomic E-state index is 0.377. The van der Waals surface area contributed by atoms with Crippen LogP contribution in [0.15, 0.2) is 34.9 Å². The quantitative estimate of drug-likeness (QED) is 0.945. The Morgan fingerprint density at radius 3 is 2.76 bits per heavy atom. The number of anilines is 1. The number of nitrogens with zero attached hydrogens (tertiary/aromatic N) is 2. The maximum Gasteiger partial charge on any atom is 0.166 e. The molecule has 2 heterocycles. The van der Waals surface area contributed by atoms with E-state index in [2.05, 4.69) is 25.9 Å². The second-order valence-corrected chi connectivity index (χ2v) is 4.51. The number of nitrogen functional groups attached to an aromatic ring is 1. The normalized spacial score (nSPS) is 10.2. The van der Waals surface area contributed by atoms with Crippen molar-refractivity contribution in [2.24, 2.45) is 0 Å². The van der Waals surface area contributed by atoms with Crippen molar-refractivity contribution in [3.63, 3.8) is 0 Å². The standard InChI is InChI=1S/C12H12BrN3O/c1-8-2-5-11(12(14)16-8)17-7-10-4-3-9(13)6-15-10/h2-6H,7H2,1H3,(H2,14,16). The third-order valence-electron chi connectivity index (χ3n) is 2.19. The fourth-order valence-corrected chi connectivity index (χ4v) is 1.56. The first kappa shape index (κ1) is 11.9. The lowest BCUT2D eigenvalue weighted by Crippen LogP contribution is -2.02. The third kappa shape index (κ3) is 3.17. The maximum atomic E-state index is 5.75. The summed E-state index contributed by atoms with van der Waals surface area (Å²) >= 11 is 3.33. The predicted octanol–water partition coefficient (Wildman–Crippen LogP) is 2.71. The van der Waals surface area contributed by atoms with E-state index < -0.39 is 0 Å². The molecule has 2 N–H and O–H groups in total. The van der Waals surface area contributed by atoms with Gasteiger partial charge in [0, 0.05) is 16.4 Å². The minimum Gasteiger partial charge on any atom is -0.483 e. The SMILES string of the molecule is Cc1ccc(OCc2ccc(Br)cn2)c(N)n1. The van der Waals surface area contributed by atoms with Gasteiger partial charge in [-0.3, -0.25) is 4.98 Å². The van der Waals surface area contributed by atoms with Crippen molar-refractivity contribution in [3.05, 3.63) is 46.3 Å². The highest BCUT2D eigenvalue weighted by Gasteiger charge is 2.03. The first-order valence-electron chi connectivity index (χ1n) is 5.11.